The summed E-state index contributed by atoms with van der Waals surface area (Å²) < 4.78 is 5.27. The molecular weight excluding hydrogens is 252 g/mol. The van der Waals surface area contributed by atoms with E-state index in [0.717, 1.165) is 17.7 Å². The quantitative estimate of drug-likeness (QED) is 0.777. The second-order valence-electron chi connectivity index (χ2n) is 6.02. The van der Waals surface area contributed by atoms with Crippen molar-refractivity contribution in [3.8, 4) is 0 Å². The van der Waals surface area contributed by atoms with E-state index in [-0.39, 0.29) is 12.1 Å². The Morgan fingerprint density at radius 2 is 2.20 bits per heavy atom. The van der Waals surface area contributed by atoms with Gasteiger partial charge >= 0.3 is 0 Å². The Labute approximate surface area is 120 Å². The van der Waals surface area contributed by atoms with Gasteiger partial charge in [0, 0.05) is 12.8 Å². The number of primary amides is 1. The standard InChI is InChI=1S/C16H24N2O2/c1-10-7-11(2)9-16(8-10,15(17)19)13-5-6-14(20-4)18-12(13)3/h5-7,10,14,18H,8-9H2,1-4H3,(H2,17,19)/t10?,14?,16-/m1/s1. The molecule has 0 saturated carbocycles. The van der Waals surface area contributed by atoms with Crippen LogP contribution in [0.5, 0.6) is 0 Å². The van der Waals surface area contributed by atoms with Gasteiger partial charge in [0.05, 0.1) is 5.41 Å². The Morgan fingerprint density at radius 3 is 2.70 bits per heavy atom. The van der Waals surface area contributed by atoms with Gasteiger partial charge in [0.1, 0.15) is 6.23 Å². The fraction of sp³-hybridized carbons (Fsp3) is 0.562. The summed E-state index contributed by atoms with van der Waals surface area (Å²) in [6, 6.07) is 0. The molecule has 4 heteroatoms. The summed E-state index contributed by atoms with van der Waals surface area (Å²) in [5.41, 5.74) is 8.38. The average Bonchev–Trinajstić information content (AvgIpc) is 2.36. The molecular formula is C16H24N2O2. The Bertz CT molecular complexity index is 505. The van der Waals surface area contributed by atoms with Gasteiger partial charge in [-0.05, 0) is 44.3 Å². The summed E-state index contributed by atoms with van der Waals surface area (Å²) in [6.45, 7) is 6.18. The Balaban J connectivity index is 2.43. The predicted octanol–water partition coefficient (Wildman–Crippen LogP) is 2.24. The molecule has 20 heavy (non-hydrogen) atoms. The van der Waals surface area contributed by atoms with Crippen molar-refractivity contribution in [1.82, 2.24) is 5.32 Å². The number of carbonyl (C=O) groups is 1. The number of rotatable bonds is 3. The maximum absolute atomic E-state index is 12.2. The van der Waals surface area contributed by atoms with Crippen molar-refractivity contribution in [2.45, 2.75) is 39.8 Å². The second-order valence-corrected chi connectivity index (χ2v) is 6.02. The van der Waals surface area contributed by atoms with Crippen molar-refractivity contribution < 1.29 is 9.53 Å². The highest BCUT2D eigenvalue weighted by molar-refractivity contribution is 5.86. The fourth-order valence-corrected chi connectivity index (χ4v) is 3.53. The first-order valence-electron chi connectivity index (χ1n) is 7.05. The van der Waals surface area contributed by atoms with Crippen LogP contribution in [-0.4, -0.2) is 19.2 Å². The van der Waals surface area contributed by atoms with Crippen molar-refractivity contribution in [2.24, 2.45) is 17.1 Å². The van der Waals surface area contributed by atoms with Crippen LogP contribution in [0.3, 0.4) is 0 Å². The number of allylic oxidation sites excluding steroid dienone is 4. The lowest BCUT2D eigenvalue weighted by Gasteiger charge is -2.40. The second kappa shape index (κ2) is 5.44. The molecule has 4 nitrogen and oxygen atoms in total. The van der Waals surface area contributed by atoms with Gasteiger partial charge in [0.2, 0.25) is 5.91 Å². The van der Waals surface area contributed by atoms with Crippen molar-refractivity contribution in [1.29, 1.82) is 0 Å². The van der Waals surface area contributed by atoms with Gasteiger partial charge in [-0.2, -0.15) is 0 Å². The number of dihydropyridines is 1. The van der Waals surface area contributed by atoms with Crippen LogP contribution in [0.15, 0.2) is 35.1 Å². The SMILES string of the molecule is COC1C=CC([C@]2(C(N)=O)CC(C)=CC(C)C2)=C(C)N1. The molecule has 1 heterocycles. The number of methoxy groups -OCH3 is 1. The van der Waals surface area contributed by atoms with Crippen molar-refractivity contribution in [3.63, 3.8) is 0 Å². The topological polar surface area (TPSA) is 64.3 Å². The number of ether oxygens (including phenoxy) is 1. The van der Waals surface area contributed by atoms with E-state index in [4.69, 9.17) is 10.5 Å². The summed E-state index contributed by atoms with van der Waals surface area (Å²) >= 11 is 0. The van der Waals surface area contributed by atoms with E-state index >= 15 is 0 Å². The van der Waals surface area contributed by atoms with E-state index in [9.17, 15) is 4.79 Å². The van der Waals surface area contributed by atoms with E-state index in [0.29, 0.717) is 12.3 Å². The first kappa shape index (κ1) is 14.9. The number of nitrogens with two attached hydrogens (primary N) is 1. The molecule has 0 aromatic rings. The van der Waals surface area contributed by atoms with Gasteiger partial charge in [0.25, 0.3) is 0 Å². The molecule has 2 unspecified atom stereocenters. The lowest BCUT2D eigenvalue weighted by Crippen LogP contribution is -2.44. The minimum atomic E-state index is -0.607. The lowest BCUT2D eigenvalue weighted by atomic mass is 9.65. The third kappa shape index (κ3) is 2.52. The van der Waals surface area contributed by atoms with E-state index in [1.54, 1.807) is 7.11 Å². The summed E-state index contributed by atoms with van der Waals surface area (Å²) in [5, 5.41) is 3.27. The Morgan fingerprint density at radius 1 is 1.50 bits per heavy atom. The summed E-state index contributed by atoms with van der Waals surface area (Å²) in [7, 11) is 1.65. The molecule has 0 aromatic heterocycles. The molecule has 110 valence electrons. The molecule has 0 bridgehead atoms. The normalized spacial score (nSPS) is 33.7. The van der Waals surface area contributed by atoms with Crippen LogP contribution in [0, 0.1) is 11.3 Å². The largest absolute Gasteiger partial charge is 0.369 e. The van der Waals surface area contributed by atoms with Crippen LogP contribution in [0.4, 0.5) is 0 Å². The highest BCUT2D eigenvalue weighted by Gasteiger charge is 2.44. The molecule has 0 saturated heterocycles. The van der Waals surface area contributed by atoms with Gasteiger partial charge in [-0.25, -0.2) is 0 Å². The molecule has 3 N–H and O–H groups in total. The molecule has 3 atom stereocenters. The minimum Gasteiger partial charge on any atom is -0.369 e. The zero-order chi connectivity index (χ0) is 14.9. The van der Waals surface area contributed by atoms with Gasteiger partial charge in [-0.3, -0.25) is 4.79 Å². The number of amides is 1. The van der Waals surface area contributed by atoms with Crippen LogP contribution in [0.25, 0.3) is 0 Å². The van der Waals surface area contributed by atoms with Gasteiger partial charge in [-0.1, -0.05) is 24.6 Å². The Kier molecular flexibility index (Phi) is 4.04. The van der Waals surface area contributed by atoms with Crippen LogP contribution in [0.1, 0.15) is 33.6 Å². The van der Waals surface area contributed by atoms with Crippen LogP contribution < -0.4 is 11.1 Å². The fourth-order valence-electron chi connectivity index (χ4n) is 3.53. The molecule has 1 amide bonds. The number of hydrogen-bond acceptors (Lipinski definition) is 3. The van der Waals surface area contributed by atoms with Crippen molar-refractivity contribution >= 4 is 5.91 Å². The zero-order valence-electron chi connectivity index (χ0n) is 12.7. The van der Waals surface area contributed by atoms with E-state index in [2.05, 4.69) is 25.2 Å². The molecule has 2 aliphatic rings. The highest BCUT2D eigenvalue weighted by Crippen LogP contribution is 2.46. The number of nitrogens with one attached hydrogen (secondary N) is 1. The van der Waals surface area contributed by atoms with E-state index in [1.165, 1.54) is 5.57 Å². The summed E-state index contributed by atoms with van der Waals surface area (Å²) in [6.07, 6.45) is 7.48. The third-order valence-corrected chi connectivity index (χ3v) is 4.26. The van der Waals surface area contributed by atoms with Gasteiger partial charge in [-0.15, -0.1) is 0 Å². The van der Waals surface area contributed by atoms with Crippen LogP contribution in [-0.2, 0) is 9.53 Å². The smallest absolute Gasteiger partial charge is 0.228 e. The minimum absolute atomic E-state index is 0.138. The predicted molar refractivity (Wildman–Crippen MR) is 79.6 cm³/mol. The lowest BCUT2D eigenvalue weighted by molar-refractivity contribution is -0.126. The molecule has 1 aliphatic carbocycles. The molecule has 0 fully saturated rings. The maximum Gasteiger partial charge on any atom is 0.228 e. The molecule has 0 radical (unpaired) electrons. The third-order valence-electron chi connectivity index (χ3n) is 4.26. The van der Waals surface area contributed by atoms with Crippen molar-refractivity contribution in [2.75, 3.05) is 7.11 Å². The van der Waals surface area contributed by atoms with Gasteiger partial charge < -0.3 is 15.8 Å². The van der Waals surface area contributed by atoms with Gasteiger partial charge in [0.15, 0.2) is 0 Å². The first-order chi connectivity index (χ1) is 9.39. The molecule has 0 aromatic carbocycles. The monoisotopic (exact) mass is 276 g/mol. The number of carbonyl (C=O) groups excluding carboxylic acids is 1. The Hall–Kier alpha value is -1.55. The van der Waals surface area contributed by atoms with E-state index < -0.39 is 5.41 Å². The van der Waals surface area contributed by atoms with Crippen LogP contribution in [0.2, 0.25) is 0 Å². The first-order valence-corrected chi connectivity index (χ1v) is 7.05. The zero-order valence-corrected chi connectivity index (χ0v) is 12.7. The molecule has 0 spiro atoms. The van der Waals surface area contributed by atoms with E-state index in [1.807, 2.05) is 19.1 Å². The highest BCUT2D eigenvalue weighted by atomic mass is 16.5. The summed E-state index contributed by atoms with van der Waals surface area (Å²) in [4.78, 5) is 12.2. The van der Waals surface area contributed by atoms with Crippen molar-refractivity contribution in [3.05, 3.63) is 35.1 Å². The summed E-state index contributed by atoms with van der Waals surface area (Å²) in [5.74, 6) is 0.110. The number of hydrogen-bond donors (Lipinski definition) is 2. The molecule has 1 aliphatic heterocycles. The molecule has 2 rings (SSSR count). The average molecular weight is 276 g/mol. The van der Waals surface area contributed by atoms with Crippen LogP contribution >= 0.6 is 0 Å². The maximum atomic E-state index is 12.2.